The molecule has 1 amide bonds. The van der Waals surface area contributed by atoms with Crippen molar-refractivity contribution in [3.63, 3.8) is 0 Å². The second-order valence-corrected chi connectivity index (χ2v) is 7.74. The van der Waals surface area contributed by atoms with E-state index in [-0.39, 0.29) is 12.3 Å². The number of thioether (sulfide) groups is 1. The molecule has 2 rings (SSSR count). The quantitative estimate of drug-likeness (QED) is 0.814. The molecule has 0 aromatic rings. The van der Waals surface area contributed by atoms with Gasteiger partial charge in [0.1, 0.15) is 0 Å². The van der Waals surface area contributed by atoms with Gasteiger partial charge in [-0.25, -0.2) is 0 Å². The highest BCUT2D eigenvalue weighted by molar-refractivity contribution is 7.99. The van der Waals surface area contributed by atoms with Gasteiger partial charge < -0.3 is 10.0 Å². The zero-order valence-electron chi connectivity index (χ0n) is 12.3. The summed E-state index contributed by atoms with van der Waals surface area (Å²) in [6, 6.07) is 0. The fourth-order valence-corrected chi connectivity index (χ4v) is 4.33. The predicted octanol–water partition coefficient (Wildman–Crippen LogP) is 2.77. The van der Waals surface area contributed by atoms with Gasteiger partial charge in [-0.3, -0.25) is 9.59 Å². The van der Waals surface area contributed by atoms with Gasteiger partial charge in [-0.1, -0.05) is 32.6 Å². The van der Waals surface area contributed by atoms with E-state index in [2.05, 4.69) is 6.92 Å². The Labute approximate surface area is 125 Å². The van der Waals surface area contributed by atoms with E-state index in [0.717, 1.165) is 44.5 Å². The number of hydrogen-bond donors (Lipinski definition) is 1. The van der Waals surface area contributed by atoms with Gasteiger partial charge in [0, 0.05) is 30.5 Å². The molecule has 5 heteroatoms. The number of amides is 1. The van der Waals surface area contributed by atoms with Gasteiger partial charge in [-0.15, -0.1) is 0 Å². The van der Waals surface area contributed by atoms with Crippen LogP contribution in [-0.2, 0) is 9.59 Å². The van der Waals surface area contributed by atoms with Gasteiger partial charge in [0.25, 0.3) is 0 Å². The van der Waals surface area contributed by atoms with Crippen LogP contribution >= 0.6 is 11.8 Å². The number of carbonyl (C=O) groups is 2. The molecule has 0 spiro atoms. The highest BCUT2D eigenvalue weighted by Gasteiger charge is 2.41. The van der Waals surface area contributed by atoms with Crippen LogP contribution in [0.4, 0.5) is 0 Å². The Morgan fingerprint density at radius 1 is 1.25 bits per heavy atom. The van der Waals surface area contributed by atoms with E-state index >= 15 is 0 Å². The lowest BCUT2D eigenvalue weighted by Crippen LogP contribution is -2.44. The van der Waals surface area contributed by atoms with Crippen LogP contribution in [-0.4, -0.2) is 46.0 Å². The maximum atomic E-state index is 12.5. The van der Waals surface area contributed by atoms with Crippen molar-refractivity contribution < 1.29 is 14.7 Å². The first kappa shape index (κ1) is 15.7. The molecular formula is C15H25NO3S. The van der Waals surface area contributed by atoms with Crippen molar-refractivity contribution in [2.75, 3.05) is 18.8 Å². The summed E-state index contributed by atoms with van der Waals surface area (Å²) in [7, 11) is 0. The average molecular weight is 299 g/mol. The number of carbonyl (C=O) groups excluding carboxylic acids is 1. The third-order valence-corrected chi connectivity index (χ3v) is 5.73. The molecule has 0 bridgehead atoms. The van der Waals surface area contributed by atoms with E-state index in [4.69, 9.17) is 0 Å². The normalized spacial score (nSPS) is 26.9. The molecule has 2 aliphatic rings. The summed E-state index contributed by atoms with van der Waals surface area (Å²) in [4.78, 5) is 26.1. The number of carboxylic acid groups (broad SMARTS) is 1. The van der Waals surface area contributed by atoms with Crippen LogP contribution in [0.2, 0.25) is 0 Å². The maximum absolute atomic E-state index is 12.5. The van der Waals surface area contributed by atoms with Crippen molar-refractivity contribution in [2.24, 2.45) is 5.41 Å². The number of rotatable bonds is 3. The fraction of sp³-hybridized carbons (Fsp3) is 0.867. The third-order valence-electron chi connectivity index (χ3n) is 4.60. The monoisotopic (exact) mass is 299 g/mol. The first-order chi connectivity index (χ1) is 9.53. The SMILES string of the molecule is CC1CN(C(=O)CC2(C(=O)O)CCCCCC2)CCS1. The molecule has 1 atom stereocenters. The standard InChI is InChI=1S/C15H25NO3S/c1-12-11-16(8-9-20-12)13(17)10-15(14(18)19)6-4-2-3-5-7-15/h12H,2-11H2,1H3,(H,18,19). The largest absolute Gasteiger partial charge is 0.481 e. The second-order valence-electron chi connectivity index (χ2n) is 6.20. The van der Waals surface area contributed by atoms with Crippen molar-refractivity contribution in [3.8, 4) is 0 Å². The molecule has 1 saturated heterocycles. The van der Waals surface area contributed by atoms with Crippen molar-refractivity contribution >= 4 is 23.6 Å². The summed E-state index contributed by atoms with van der Waals surface area (Å²) >= 11 is 1.88. The molecule has 0 radical (unpaired) electrons. The Morgan fingerprint density at radius 2 is 1.90 bits per heavy atom. The molecule has 1 N–H and O–H groups in total. The molecule has 1 aliphatic heterocycles. The zero-order valence-corrected chi connectivity index (χ0v) is 13.1. The minimum atomic E-state index is -0.804. The Bertz CT molecular complexity index is 364. The molecular weight excluding hydrogens is 274 g/mol. The molecule has 20 heavy (non-hydrogen) atoms. The summed E-state index contributed by atoms with van der Waals surface area (Å²) in [5.74, 6) is 0.237. The molecule has 4 nitrogen and oxygen atoms in total. The molecule has 1 heterocycles. The smallest absolute Gasteiger partial charge is 0.310 e. The van der Waals surface area contributed by atoms with Gasteiger partial charge in [0.2, 0.25) is 5.91 Å². The molecule has 1 aliphatic carbocycles. The van der Waals surface area contributed by atoms with Crippen molar-refractivity contribution in [1.82, 2.24) is 4.90 Å². The zero-order chi connectivity index (χ0) is 14.6. The van der Waals surface area contributed by atoms with Crippen LogP contribution in [0.5, 0.6) is 0 Å². The van der Waals surface area contributed by atoms with E-state index in [1.807, 2.05) is 16.7 Å². The van der Waals surface area contributed by atoms with E-state index in [9.17, 15) is 14.7 Å². The molecule has 1 saturated carbocycles. The first-order valence-electron chi connectivity index (χ1n) is 7.66. The van der Waals surface area contributed by atoms with Crippen molar-refractivity contribution in [1.29, 1.82) is 0 Å². The third kappa shape index (κ3) is 3.68. The number of hydrogen-bond acceptors (Lipinski definition) is 3. The molecule has 114 valence electrons. The minimum absolute atomic E-state index is 0.0430. The number of aliphatic carboxylic acids is 1. The van der Waals surface area contributed by atoms with Crippen LogP contribution in [0, 0.1) is 5.41 Å². The molecule has 1 unspecified atom stereocenters. The van der Waals surface area contributed by atoms with Crippen LogP contribution in [0.15, 0.2) is 0 Å². The van der Waals surface area contributed by atoms with Crippen molar-refractivity contribution in [3.05, 3.63) is 0 Å². The Morgan fingerprint density at radius 3 is 2.45 bits per heavy atom. The number of carboxylic acids is 1. The minimum Gasteiger partial charge on any atom is -0.481 e. The molecule has 0 aromatic carbocycles. The highest BCUT2D eigenvalue weighted by Crippen LogP contribution is 2.39. The summed E-state index contributed by atoms with van der Waals surface area (Å²) in [6.45, 7) is 3.66. The van der Waals surface area contributed by atoms with E-state index in [0.29, 0.717) is 18.1 Å². The Hall–Kier alpha value is -0.710. The average Bonchev–Trinajstić information content (AvgIpc) is 2.65. The fourth-order valence-electron chi connectivity index (χ4n) is 3.32. The van der Waals surface area contributed by atoms with Crippen molar-refractivity contribution in [2.45, 2.75) is 57.1 Å². The summed E-state index contributed by atoms with van der Waals surface area (Å²) in [6.07, 6.45) is 5.58. The Balaban J connectivity index is 2.03. The number of nitrogens with zero attached hydrogens (tertiary/aromatic N) is 1. The van der Waals surface area contributed by atoms with Crippen LogP contribution in [0.1, 0.15) is 51.9 Å². The lowest BCUT2D eigenvalue weighted by molar-refractivity contribution is -0.154. The summed E-state index contributed by atoms with van der Waals surface area (Å²) < 4.78 is 0. The first-order valence-corrected chi connectivity index (χ1v) is 8.71. The summed E-state index contributed by atoms with van der Waals surface area (Å²) in [5.41, 5.74) is -0.804. The van der Waals surface area contributed by atoms with E-state index in [1.165, 1.54) is 0 Å². The van der Waals surface area contributed by atoms with Crippen LogP contribution < -0.4 is 0 Å². The van der Waals surface area contributed by atoms with Gasteiger partial charge in [-0.05, 0) is 12.8 Å². The maximum Gasteiger partial charge on any atom is 0.310 e. The van der Waals surface area contributed by atoms with Gasteiger partial charge in [0.05, 0.1) is 5.41 Å². The van der Waals surface area contributed by atoms with Gasteiger partial charge in [-0.2, -0.15) is 11.8 Å². The topological polar surface area (TPSA) is 57.6 Å². The molecule has 0 aromatic heterocycles. The lowest BCUT2D eigenvalue weighted by atomic mass is 9.77. The van der Waals surface area contributed by atoms with E-state index < -0.39 is 11.4 Å². The van der Waals surface area contributed by atoms with Gasteiger partial charge in [0.15, 0.2) is 0 Å². The van der Waals surface area contributed by atoms with Gasteiger partial charge >= 0.3 is 5.97 Å². The highest BCUT2D eigenvalue weighted by atomic mass is 32.2. The second kappa shape index (κ2) is 6.83. The lowest BCUT2D eigenvalue weighted by Gasteiger charge is -2.34. The van der Waals surface area contributed by atoms with E-state index in [1.54, 1.807) is 0 Å². The molecule has 2 fully saturated rings. The Kier molecular flexibility index (Phi) is 5.35. The van der Waals surface area contributed by atoms with Crippen LogP contribution in [0.3, 0.4) is 0 Å². The predicted molar refractivity (Wildman–Crippen MR) is 80.9 cm³/mol. The summed E-state index contributed by atoms with van der Waals surface area (Å²) in [5, 5.41) is 10.1. The van der Waals surface area contributed by atoms with Crippen LogP contribution in [0.25, 0.3) is 0 Å².